The predicted octanol–water partition coefficient (Wildman–Crippen LogP) is 1.49. The Bertz CT molecular complexity index is 767. The maximum Gasteiger partial charge on any atom is 0.317 e. The summed E-state index contributed by atoms with van der Waals surface area (Å²) in [5.74, 6) is 0.806. The second kappa shape index (κ2) is 7.91. The van der Waals surface area contributed by atoms with Gasteiger partial charge in [0.15, 0.2) is 0 Å². The zero-order chi connectivity index (χ0) is 18.5. The van der Waals surface area contributed by atoms with E-state index in [2.05, 4.69) is 20.4 Å². The second-order valence-corrected chi connectivity index (χ2v) is 5.90. The van der Waals surface area contributed by atoms with E-state index in [-0.39, 0.29) is 11.7 Å². The topological polar surface area (TPSA) is 118 Å². The molecule has 0 spiro atoms. The third-order valence-electron chi connectivity index (χ3n) is 4.14. The Morgan fingerprint density at radius 3 is 2.54 bits per heavy atom. The lowest BCUT2D eigenvalue weighted by atomic mass is 10.2. The summed E-state index contributed by atoms with van der Waals surface area (Å²) in [4.78, 5) is 26.0. The molecule has 0 bridgehead atoms. The van der Waals surface area contributed by atoms with Gasteiger partial charge >= 0.3 is 6.03 Å². The van der Waals surface area contributed by atoms with Gasteiger partial charge in [0.25, 0.3) is 5.69 Å². The van der Waals surface area contributed by atoms with Crippen LogP contribution >= 0.6 is 0 Å². The largest absolute Gasteiger partial charge is 0.419 e. The molecule has 1 fully saturated rings. The molecular formula is C16H20N6O4. The molecular weight excluding hydrogens is 340 g/mol. The Morgan fingerprint density at radius 1 is 1.23 bits per heavy atom. The van der Waals surface area contributed by atoms with E-state index in [9.17, 15) is 14.9 Å². The number of piperazine rings is 1. The first kappa shape index (κ1) is 17.8. The lowest BCUT2D eigenvalue weighted by Crippen LogP contribution is -2.51. The SMILES string of the molecule is CCNC(=O)N1CCN(Cc2nnc(-c3ccc([N+](=O)[O-])cc3)o2)CC1. The molecule has 2 heterocycles. The normalized spacial score (nSPS) is 15.0. The van der Waals surface area contributed by atoms with E-state index in [1.807, 2.05) is 6.92 Å². The van der Waals surface area contributed by atoms with Crippen LogP contribution in [0.15, 0.2) is 28.7 Å². The highest BCUT2D eigenvalue weighted by atomic mass is 16.6. The summed E-state index contributed by atoms with van der Waals surface area (Å²) in [6.07, 6.45) is 0. The average Bonchev–Trinajstić information content (AvgIpc) is 3.11. The van der Waals surface area contributed by atoms with E-state index >= 15 is 0 Å². The monoisotopic (exact) mass is 360 g/mol. The highest BCUT2D eigenvalue weighted by Crippen LogP contribution is 2.21. The van der Waals surface area contributed by atoms with Gasteiger partial charge in [0.1, 0.15) is 0 Å². The van der Waals surface area contributed by atoms with E-state index in [1.165, 1.54) is 12.1 Å². The van der Waals surface area contributed by atoms with Crippen LogP contribution in [0.2, 0.25) is 0 Å². The van der Waals surface area contributed by atoms with Gasteiger partial charge in [-0.3, -0.25) is 15.0 Å². The minimum Gasteiger partial charge on any atom is -0.419 e. The molecule has 3 rings (SSSR count). The molecule has 0 aliphatic carbocycles. The summed E-state index contributed by atoms with van der Waals surface area (Å²) in [5.41, 5.74) is 0.647. The molecule has 0 radical (unpaired) electrons. The van der Waals surface area contributed by atoms with Crippen LogP contribution in [-0.4, -0.2) is 63.7 Å². The van der Waals surface area contributed by atoms with Crippen LogP contribution < -0.4 is 5.32 Å². The maximum absolute atomic E-state index is 11.8. The number of nitrogens with one attached hydrogen (secondary N) is 1. The first-order valence-corrected chi connectivity index (χ1v) is 8.39. The third-order valence-corrected chi connectivity index (χ3v) is 4.14. The van der Waals surface area contributed by atoms with Crippen LogP contribution in [0.25, 0.3) is 11.5 Å². The van der Waals surface area contributed by atoms with Crippen molar-refractivity contribution in [3.05, 3.63) is 40.3 Å². The number of benzene rings is 1. The molecule has 138 valence electrons. The minimum atomic E-state index is -0.455. The van der Waals surface area contributed by atoms with Gasteiger partial charge in [0, 0.05) is 50.4 Å². The van der Waals surface area contributed by atoms with Crippen LogP contribution in [0.5, 0.6) is 0 Å². The number of carbonyl (C=O) groups is 1. The van der Waals surface area contributed by atoms with Crippen molar-refractivity contribution in [3.8, 4) is 11.5 Å². The number of amides is 2. The van der Waals surface area contributed by atoms with Crippen LogP contribution in [0.4, 0.5) is 10.5 Å². The summed E-state index contributed by atoms with van der Waals surface area (Å²) in [6.45, 7) is 5.77. The number of hydrogen-bond acceptors (Lipinski definition) is 7. The number of aromatic nitrogens is 2. The molecule has 2 aromatic rings. The number of carbonyl (C=O) groups excluding carboxylic acids is 1. The molecule has 0 saturated carbocycles. The molecule has 1 aromatic carbocycles. The van der Waals surface area contributed by atoms with Gasteiger partial charge in [-0.1, -0.05) is 0 Å². The lowest BCUT2D eigenvalue weighted by molar-refractivity contribution is -0.384. The first-order chi connectivity index (χ1) is 12.6. The quantitative estimate of drug-likeness (QED) is 0.634. The van der Waals surface area contributed by atoms with Crippen LogP contribution in [0.3, 0.4) is 0 Å². The number of non-ortho nitro benzene ring substituents is 1. The average molecular weight is 360 g/mol. The number of rotatable bonds is 5. The molecule has 0 unspecified atom stereocenters. The smallest absolute Gasteiger partial charge is 0.317 e. The van der Waals surface area contributed by atoms with Crippen molar-refractivity contribution < 1.29 is 14.1 Å². The number of nitro benzene ring substituents is 1. The molecule has 1 aliphatic heterocycles. The van der Waals surface area contributed by atoms with Gasteiger partial charge in [-0.25, -0.2) is 4.79 Å². The van der Waals surface area contributed by atoms with Crippen molar-refractivity contribution in [1.82, 2.24) is 25.3 Å². The molecule has 1 aliphatic rings. The van der Waals surface area contributed by atoms with Crippen molar-refractivity contribution in [2.45, 2.75) is 13.5 Å². The van der Waals surface area contributed by atoms with Crippen molar-refractivity contribution in [3.63, 3.8) is 0 Å². The van der Waals surface area contributed by atoms with Gasteiger partial charge in [-0.05, 0) is 19.1 Å². The molecule has 10 heteroatoms. The van der Waals surface area contributed by atoms with Crippen molar-refractivity contribution >= 4 is 11.7 Å². The minimum absolute atomic E-state index is 0.0125. The zero-order valence-corrected chi connectivity index (χ0v) is 14.4. The lowest BCUT2D eigenvalue weighted by Gasteiger charge is -2.33. The number of hydrogen-bond donors (Lipinski definition) is 1. The molecule has 0 atom stereocenters. The zero-order valence-electron chi connectivity index (χ0n) is 14.4. The summed E-state index contributed by atoms with van der Waals surface area (Å²) in [7, 11) is 0. The first-order valence-electron chi connectivity index (χ1n) is 8.39. The summed E-state index contributed by atoms with van der Waals surface area (Å²) < 4.78 is 5.66. The third kappa shape index (κ3) is 4.14. The number of urea groups is 1. The number of nitro groups is 1. The summed E-state index contributed by atoms with van der Waals surface area (Å²) in [6, 6.07) is 5.94. The molecule has 1 aromatic heterocycles. The number of nitrogens with zero attached hydrogens (tertiary/aromatic N) is 5. The second-order valence-electron chi connectivity index (χ2n) is 5.90. The Balaban J connectivity index is 1.56. The van der Waals surface area contributed by atoms with Gasteiger partial charge in [0.2, 0.25) is 11.8 Å². The van der Waals surface area contributed by atoms with E-state index in [0.717, 1.165) is 13.1 Å². The van der Waals surface area contributed by atoms with E-state index in [1.54, 1.807) is 17.0 Å². The molecule has 1 saturated heterocycles. The van der Waals surface area contributed by atoms with Gasteiger partial charge in [-0.15, -0.1) is 10.2 Å². The molecule has 1 N–H and O–H groups in total. The highest BCUT2D eigenvalue weighted by Gasteiger charge is 2.22. The highest BCUT2D eigenvalue weighted by molar-refractivity contribution is 5.74. The van der Waals surface area contributed by atoms with Gasteiger partial charge in [0.05, 0.1) is 11.5 Å². The Labute approximate surface area is 149 Å². The van der Waals surface area contributed by atoms with E-state index < -0.39 is 4.92 Å². The fourth-order valence-electron chi connectivity index (χ4n) is 2.72. The Morgan fingerprint density at radius 2 is 1.92 bits per heavy atom. The van der Waals surface area contributed by atoms with Crippen LogP contribution in [-0.2, 0) is 6.54 Å². The van der Waals surface area contributed by atoms with Crippen molar-refractivity contribution in [2.75, 3.05) is 32.7 Å². The molecule has 2 amide bonds. The van der Waals surface area contributed by atoms with Crippen molar-refractivity contribution in [1.29, 1.82) is 0 Å². The van der Waals surface area contributed by atoms with Crippen molar-refractivity contribution in [2.24, 2.45) is 0 Å². The summed E-state index contributed by atoms with van der Waals surface area (Å²) in [5, 5.41) is 21.5. The van der Waals surface area contributed by atoms with Crippen LogP contribution in [0, 0.1) is 10.1 Å². The predicted molar refractivity (Wildman–Crippen MR) is 92.3 cm³/mol. The van der Waals surface area contributed by atoms with Gasteiger partial charge < -0.3 is 14.6 Å². The van der Waals surface area contributed by atoms with Crippen LogP contribution in [0.1, 0.15) is 12.8 Å². The fraction of sp³-hybridized carbons (Fsp3) is 0.438. The standard InChI is InChI=1S/C16H20N6O4/c1-2-17-16(23)21-9-7-20(8-10-21)11-14-18-19-15(26-14)12-3-5-13(6-4-12)22(24)25/h3-6H,2,7-11H2,1H3,(H,17,23). The Hall–Kier alpha value is -3.01. The van der Waals surface area contributed by atoms with Gasteiger partial charge in [-0.2, -0.15) is 0 Å². The molecule has 26 heavy (non-hydrogen) atoms. The maximum atomic E-state index is 11.8. The van der Waals surface area contributed by atoms with E-state index in [0.29, 0.717) is 43.5 Å². The fourth-order valence-corrected chi connectivity index (χ4v) is 2.72. The van der Waals surface area contributed by atoms with E-state index in [4.69, 9.17) is 4.42 Å². The Kier molecular flexibility index (Phi) is 5.42. The summed E-state index contributed by atoms with van der Waals surface area (Å²) >= 11 is 0. The molecule has 10 nitrogen and oxygen atoms in total.